The summed E-state index contributed by atoms with van der Waals surface area (Å²) in [5.41, 5.74) is 7.92. The van der Waals surface area contributed by atoms with E-state index in [-0.39, 0.29) is 0 Å². The van der Waals surface area contributed by atoms with Gasteiger partial charge in [-0.25, -0.2) is 9.97 Å². The van der Waals surface area contributed by atoms with Crippen LogP contribution in [0.15, 0.2) is 30.3 Å². The Hall–Kier alpha value is -2.14. The Balaban J connectivity index is 1.95. The quantitative estimate of drug-likeness (QED) is 0.919. The van der Waals surface area contributed by atoms with Crippen LogP contribution in [-0.4, -0.2) is 30.2 Å². The predicted octanol–water partition coefficient (Wildman–Crippen LogP) is 2.64. The van der Waals surface area contributed by atoms with Crippen molar-refractivity contribution in [2.75, 3.05) is 25.1 Å². The third-order valence-electron chi connectivity index (χ3n) is 4.32. The Morgan fingerprint density at radius 1 is 1.30 bits per heavy atom. The molecule has 1 aliphatic rings. The first-order valence-electron chi connectivity index (χ1n) is 8.17. The molecule has 122 valence electrons. The van der Waals surface area contributed by atoms with Crippen LogP contribution >= 0.6 is 0 Å². The van der Waals surface area contributed by atoms with Gasteiger partial charge in [-0.05, 0) is 32.4 Å². The number of methoxy groups -OCH3 is 1. The summed E-state index contributed by atoms with van der Waals surface area (Å²) in [6.45, 7) is 3.55. The van der Waals surface area contributed by atoms with E-state index in [2.05, 4.69) is 33.1 Å². The molecule has 5 heteroatoms. The van der Waals surface area contributed by atoms with Crippen molar-refractivity contribution in [1.29, 1.82) is 0 Å². The summed E-state index contributed by atoms with van der Waals surface area (Å²) in [6.07, 6.45) is 3.04. The van der Waals surface area contributed by atoms with E-state index in [4.69, 9.17) is 10.5 Å². The zero-order valence-corrected chi connectivity index (χ0v) is 13.8. The fraction of sp³-hybridized carbons (Fsp3) is 0.444. The molecule has 0 spiro atoms. The van der Waals surface area contributed by atoms with Crippen LogP contribution in [0.5, 0.6) is 5.75 Å². The molecular weight excluding hydrogens is 288 g/mol. The van der Waals surface area contributed by atoms with Gasteiger partial charge in [0.05, 0.1) is 13.2 Å². The molecule has 1 atom stereocenters. The third kappa shape index (κ3) is 3.29. The minimum Gasteiger partial charge on any atom is -0.496 e. The van der Waals surface area contributed by atoms with E-state index >= 15 is 0 Å². The van der Waals surface area contributed by atoms with Crippen molar-refractivity contribution in [1.82, 2.24) is 9.97 Å². The number of hydrogen-bond donors (Lipinski definition) is 1. The van der Waals surface area contributed by atoms with Gasteiger partial charge in [0.2, 0.25) is 0 Å². The standard InChI is InChI=1S/C18H24N4O/c1-13-20-14(9-10-19)12-18(21-13)22-11-5-7-16(22)15-6-3-4-8-17(15)23-2/h3-4,6,8,12,16H,5,7,9-11,19H2,1-2H3. The Morgan fingerprint density at radius 3 is 2.91 bits per heavy atom. The molecule has 1 saturated heterocycles. The molecule has 0 amide bonds. The fourth-order valence-corrected chi connectivity index (χ4v) is 3.34. The number of aryl methyl sites for hydroxylation is 1. The van der Waals surface area contributed by atoms with E-state index in [0.717, 1.165) is 48.9 Å². The molecule has 0 radical (unpaired) electrons. The van der Waals surface area contributed by atoms with E-state index < -0.39 is 0 Å². The fourth-order valence-electron chi connectivity index (χ4n) is 3.34. The van der Waals surface area contributed by atoms with Crippen LogP contribution in [0.1, 0.15) is 36.0 Å². The van der Waals surface area contributed by atoms with Crippen molar-refractivity contribution in [2.45, 2.75) is 32.2 Å². The van der Waals surface area contributed by atoms with Crippen LogP contribution in [0.3, 0.4) is 0 Å². The summed E-state index contributed by atoms with van der Waals surface area (Å²) in [5.74, 6) is 2.74. The van der Waals surface area contributed by atoms with Crippen LogP contribution in [0, 0.1) is 6.92 Å². The van der Waals surface area contributed by atoms with Gasteiger partial charge in [-0.2, -0.15) is 0 Å². The number of nitrogens with two attached hydrogens (primary N) is 1. The molecule has 1 aliphatic heterocycles. The molecule has 1 aromatic carbocycles. The van der Waals surface area contributed by atoms with Gasteiger partial charge < -0.3 is 15.4 Å². The lowest BCUT2D eigenvalue weighted by Crippen LogP contribution is -2.24. The highest BCUT2D eigenvalue weighted by atomic mass is 16.5. The Bertz CT molecular complexity index is 674. The number of anilines is 1. The zero-order chi connectivity index (χ0) is 16.2. The number of aromatic nitrogens is 2. The van der Waals surface area contributed by atoms with Crippen molar-refractivity contribution in [3.8, 4) is 5.75 Å². The molecule has 1 unspecified atom stereocenters. The molecule has 1 aromatic heterocycles. The van der Waals surface area contributed by atoms with Gasteiger partial charge in [0.25, 0.3) is 0 Å². The third-order valence-corrected chi connectivity index (χ3v) is 4.32. The average Bonchev–Trinajstić information content (AvgIpc) is 3.04. The van der Waals surface area contributed by atoms with Crippen LogP contribution in [0.2, 0.25) is 0 Å². The lowest BCUT2D eigenvalue weighted by atomic mass is 10.0. The Morgan fingerprint density at radius 2 is 2.13 bits per heavy atom. The number of hydrogen-bond acceptors (Lipinski definition) is 5. The number of para-hydroxylation sites is 1. The summed E-state index contributed by atoms with van der Waals surface area (Å²) in [6, 6.07) is 10.6. The summed E-state index contributed by atoms with van der Waals surface area (Å²) < 4.78 is 5.55. The topological polar surface area (TPSA) is 64.3 Å². The maximum atomic E-state index is 5.68. The highest BCUT2D eigenvalue weighted by Gasteiger charge is 2.29. The van der Waals surface area contributed by atoms with Crippen molar-refractivity contribution in [3.05, 3.63) is 47.4 Å². The van der Waals surface area contributed by atoms with Crippen molar-refractivity contribution >= 4 is 5.82 Å². The minimum atomic E-state index is 0.297. The molecule has 2 aromatic rings. The number of benzene rings is 1. The van der Waals surface area contributed by atoms with Gasteiger partial charge in [-0.15, -0.1) is 0 Å². The molecular formula is C18H24N4O. The van der Waals surface area contributed by atoms with E-state index in [0.29, 0.717) is 12.6 Å². The second-order valence-electron chi connectivity index (χ2n) is 5.90. The van der Waals surface area contributed by atoms with Gasteiger partial charge in [0.1, 0.15) is 17.4 Å². The van der Waals surface area contributed by atoms with Crippen LogP contribution < -0.4 is 15.4 Å². The maximum Gasteiger partial charge on any atom is 0.133 e. The second kappa shape index (κ2) is 6.96. The van der Waals surface area contributed by atoms with Crippen molar-refractivity contribution in [3.63, 3.8) is 0 Å². The molecule has 0 aliphatic carbocycles. The molecule has 1 fully saturated rings. The smallest absolute Gasteiger partial charge is 0.133 e. The molecule has 23 heavy (non-hydrogen) atoms. The number of rotatable bonds is 5. The first-order chi connectivity index (χ1) is 11.2. The average molecular weight is 312 g/mol. The van der Waals surface area contributed by atoms with E-state index in [9.17, 15) is 0 Å². The monoisotopic (exact) mass is 312 g/mol. The van der Waals surface area contributed by atoms with Crippen molar-refractivity contribution < 1.29 is 4.74 Å². The SMILES string of the molecule is COc1ccccc1C1CCCN1c1cc(CCN)nc(C)n1. The zero-order valence-electron chi connectivity index (χ0n) is 13.8. The number of ether oxygens (including phenoxy) is 1. The molecule has 2 heterocycles. The van der Waals surface area contributed by atoms with Gasteiger partial charge in [-0.1, -0.05) is 18.2 Å². The lowest BCUT2D eigenvalue weighted by molar-refractivity contribution is 0.405. The highest BCUT2D eigenvalue weighted by Crippen LogP contribution is 2.39. The second-order valence-corrected chi connectivity index (χ2v) is 5.90. The molecule has 0 bridgehead atoms. The highest BCUT2D eigenvalue weighted by molar-refractivity contribution is 5.48. The lowest BCUT2D eigenvalue weighted by Gasteiger charge is -2.27. The van der Waals surface area contributed by atoms with E-state index in [1.54, 1.807) is 7.11 Å². The molecule has 2 N–H and O–H groups in total. The van der Waals surface area contributed by atoms with Crippen LogP contribution in [0.25, 0.3) is 0 Å². The summed E-state index contributed by atoms with van der Waals surface area (Å²) in [4.78, 5) is 11.5. The molecule has 5 nitrogen and oxygen atoms in total. The first kappa shape index (κ1) is 15.7. The van der Waals surface area contributed by atoms with Crippen molar-refractivity contribution in [2.24, 2.45) is 5.73 Å². The number of nitrogens with zero attached hydrogens (tertiary/aromatic N) is 3. The van der Waals surface area contributed by atoms with Gasteiger partial charge >= 0.3 is 0 Å². The maximum absolute atomic E-state index is 5.68. The minimum absolute atomic E-state index is 0.297. The van der Waals surface area contributed by atoms with Crippen LogP contribution in [-0.2, 0) is 6.42 Å². The van der Waals surface area contributed by atoms with Gasteiger partial charge in [-0.3, -0.25) is 0 Å². The first-order valence-corrected chi connectivity index (χ1v) is 8.17. The van der Waals surface area contributed by atoms with Crippen LogP contribution in [0.4, 0.5) is 5.82 Å². The largest absolute Gasteiger partial charge is 0.496 e. The Labute approximate surface area is 137 Å². The Kier molecular flexibility index (Phi) is 4.76. The molecule has 0 saturated carbocycles. The van der Waals surface area contributed by atoms with E-state index in [1.807, 2.05) is 19.1 Å². The summed E-state index contributed by atoms with van der Waals surface area (Å²) in [5, 5.41) is 0. The molecule has 3 rings (SSSR count). The normalized spacial score (nSPS) is 17.5. The predicted molar refractivity (Wildman–Crippen MR) is 91.8 cm³/mol. The van der Waals surface area contributed by atoms with E-state index in [1.165, 1.54) is 5.56 Å². The summed E-state index contributed by atoms with van der Waals surface area (Å²) in [7, 11) is 1.73. The summed E-state index contributed by atoms with van der Waals surface area (Å²) >= 11 is 0. The van der Waals surface area contributed by atoms with Gasteiger partial charge in [0, 0.05) is 30.3 Å². The van der Waals surface area contributed by atoms with Gasteiger partial charge in [0.15, 0.2) is 0 Å².